The van der Waals surface area contributed by atoms with Gasteiger partial charge in [-0.2, -0.15) is 0 Å². The number of nitrogens with zero attached hydrogens (tertiary/aromatic N) is 1. The number of hydrogen-bond donors (Lipinski definition) is 0. The Labute approximate surface area is 135 Å². The van der Waals surface area contributed by atoms with Gasteiger partial charge in [0.05, 0.1) is 0 Å². The fraction of sp³-hybridized carbons (Fsp3) is 0. The van der Waals surface area contributed by atoms with Crippen molar-refractivity contribution in [1.29, 1.82) is 0 Å². The Balaban J connectivity index is 1.94. The van der Waals surface area contributed by atoms with Crippen LogP contribution in [0.15, 0.2) is 59.5 Å². The normalized spacial score (nSPS) is 12.7. The molecule has 2 heterocycles. The predicted molar refractivity (Wildman–Crippen MR) is 88.5 cm³/mol. The molecular weight excluding hydrogens is 392 g/mol. The first-order chi connectivity index (χ1) is 10.4. The van der Waals surface area contributed by atoms with Crippen LogP contribution in [0.5, 0.6) is 0 Å². The maximum atomic E-state index is 11.0. The van der Waals surface area contributed by atoms with E-state index in [4.69, 9.17) is 0 Å². The summed E-state index contributed by atoms with van der Waals surface area (Å²) in [5.74, 6) is 0. The molecule has 0 unspecified atom stereocenters. The summed E-state index contributed by atoms with van der Waals surface area (Å²) in [7, 11) is 0. The van der Waals surface area contributed by atoms with Gasteiger partial charge in [-0.15, -0.1) is 0 Å². The van der Waals surface area contributed by atoms with Crippen LogP contribution >= 0.6 is 0 Å². The summed E-state index contributed by atoms with van der Waals surface area (Å²) in [6, 6.07) is 19.2. The fourth-order valence-corrected chi connectivity index (χ4v) is 6.14. The number of fused-ring (bicyclic) bond motifs is 2. The third-order valence-corrected chi connectivity index (χ3v) is 7.56. The van der Waals surface area contributed by atoms with Crippen molar-refractivity contribution in [2.45, 2.75) is 0 Å². The number of anilines is 3. The average Bonchev–Trinajstić information content (AvgIpc) is 3.01. The van der Waals surface area contributed by atoms with Gasteiger partial charge in [-0.05, 0) is 0 Å². The number of rotatable bonds is 2. The van der Waals surface area contributed by atoms with Crippen molar-refractivity contribution in [1.82, 2.24) is 0 Å². The molecular formula is C17H11NOSe2. The number of aldehydes is 1. The number of benzene rings is 2. The average molecular weight is 403 g/mol. The van der Waals surface area contributed by atoms with Crippen LogP contribution in [-0.4, -0.2) is 35.7 Å². The molecule has 0 radical (unpaired) electrons. The van der Waals surface area contributed by atoms with Crippen LogP contribution in [0.1, 0.15) is 9.23 Å². The van der Waals surface area contributed by atoms with Gasteiger partial charge >= 0.3 is 135 Å². The van der Waals surface area contributed by atoms with Gasteiger partial charge in [0.15, 0.2) is 0 Å². The summed E-state index contributed by atoms with van der Waals surface area (Å²) in [6.45, 7) is 0. The first-order valence-corrected chi connectivity index (χ1v) is 10.1. The standard InChI is InChI=1S/C17H11NOSe2/c19-10-13-9-12(11-20-13)18-14-5-1-3-7-16(14)21-17-8-4-2-6-15(17)18/h1-11H. The molecule has 1 aliphatic rings. The van der Waals surface area contributed by atoms with Gasteiger partial charge in [0.25, 0.3) is 0 Å². The van der Waals surface area contributed by atoms with Gasteiger partial charge in [-0.25, -0.2) is 0 Å². The SMILES string of the molecule is O=Cc1cc(N2c3ccccc3[Se]c3ccccc32)c[se]1. The van der Waals surface area contributed by atoms with Gasteiger partial charge in [0.1, 0.15) is 0 Å². The van der Waals surface area contributed by atoms with E-state index in [-0.39, 0.29) is 14.5 Å². The molecule has 0 fully saturated rings. The fourth-order valence-electron chi connectivity index (χ4n) is 2.50. The van der Waals surface area contributed by atoms with Gasteiger partial charge in [0.2, 0.25) is 0 Å². The molecule has 0 amide bonds. The second kappa shape index (κ2) is 5.32. The van der Waals surface area contributed by atoms with Crippen LogP contribution < -0.4 is 13.8 Å². The molecule has 0 saturated heterocycles. The maximum absolute atomic E-state index is 11.0. The molecule has 1 aromatic heterocycles. The third kappa shape index (κ3) is 2.21. The molecule has 0 atom stereocenters. The molecule has 4 rings (SSSR count). The number of hydrogen-bond acceptors (Lipinski definition) is 2. The van der Waals surface area contributed by atoms with Crippen molar-refractivity contribution >= 4 is 61.7 Å². The molecule has 0 aliphatic carbocycles. The summed E-state index contributed by atoms with van der Waals surface area (Å²) in [4.78, 5) is 15.5. The van der Waals surface area contributed by atoms with Crippen LogP contribution in [0.2, 0.25) is 0 Å². The summed E-state index contributed by atoms with van der Waals surface area (Å²) in [5, 5.41) is 0. The first-order valence-electron chi connectivity index (χ1n) is 6.56. The van der Waals surface area contributed by atoms with Gasteiger partial charge < -0.3 is 0 Å². The summed E-state index contributed by atoms with van der Waals surface area (Å²) in [5.41, 5.74) is 3.63. The number of carbonyl (C=O) groups is 1. The molecule has 1 aliphatic heterocycles. The molecule has 2 aromatic carbocycles. The molecule has 0 spiro atoms. The minimum absolute atomic E-state index is 0.156. The molecule has 4 heteroatoms. The Morgan fingerprint density at radius 3 is 2.10 bits per heavy atom. The molecule has 0 saturated carbocycles. The van der Waals surface area contributed by atoms with Crippen LogP contribution in [0.25, 0.3) is 0 Å². The van der Waals surface area contributed by atoms with E-state index < -0.39 is 0 Å². The second-order valence-corrected chi connectivity index (χ2v) is 8.95. The summed E-state index contributed by atoms with van der Waals surface area (Å²) < 4.78 is 3.69. The van der Waals surface area contributed by atoms with E-state index in [1.54, 1.807) is 0 Å². The van der Waals surface area contributed by atoms with Crippen molar-refractivity contribution in [3.63, 3.8) is 0 Å². The van der Waals surface area contributed by atoms with E-state index >= 15 is 0 Å². The minimum atomic E-state index is 0.156. The Bertz CT molecular complexity index is 779. The Morgan fingerprint density at radius 2 is 1.52 bits per heavy atom. The zero-order chi connectivity index (χ0) is 14.2. The molecule has 3 aromatic rings. The topological polar surface area (TPSA) is 20.3 Å². The zero-order valence-corrected chi connectivity index (χ0v) is 14.4. The Hall–Kier alpha value is -1.57. The summed E-state index contributed by atoms with van der Waals surface area (Å²) >= 11 is 0.495. The van der Waals surface area contributed by atoms with E-state index in [9.17, 15) is 4.79 Å². The van der Waals surface area contributed by atoms with E-state index in [2.05, 4.69) is 58.4 Å². The molecule has 0 N–H and O–H groups in total. The number of para-hydroxylation sites is 2. The third-order valence-electron chi connectivity index (χ3n) is 3.41. The molecule has 102 valence electrons. The van der Waals surface area contributed by atoms with Crippen molar-refractivity contribution < 1.29 is 4.79 Å². The van der Waals surface area contributed by atoms with Crippen molar-refractivity contribution in [2.75, 3.05) is 4.90 Å². The van der Waals surface area contributed by atoms with Crippen LogP contribution in [0.4, 0.5) is 17.1 Å². The van der Waals surface area contributed by atoms with E-state index in [1.807, 2.05) is 6.07 Å². The van der Waals surface area contributed by atoms with E-state index in [0.717, 1.165) is 16.4 Å². The van der Waals surface area contributed by atoms with Gasteiger partial charge in [-0.3, -0.25) is 0 Å². The van der Waals surface area contributed by atoms with E-state index in [0.29, 0.717) is 15.0 Å². The van der Waals surface area contributed by atoms with Crippen LogP contribution in [0.3, 0.4) is 0 Å². The Kier molecular flexibility index (Phi) is 3.32. The summed E-state index contributed by atoms with van der Waals surface area (Å²) in [6.07, 6.45) is 0.981. The second-order valence-electron chi connectivity index (χ2n) is 4.70. The van der Waals surface area contributed by atoms with Crippen molar-refractivity contribution in [3.8, 4) is 0 Å². The Morgan fingerprint density at radius 1 is 0.905 bits per heavy atom. The predicted octanol–water partition coefficient (Wildman–Crippen LogP) is 1.99. The van der Waals surface area contributed by atoms with E-state index in [1.165, 1.54) is 20.3 Å². The van der Waals surface area contributed by atoms with Crippen LogP contribution in [-0.2, 0) is 0 Å². The first kappa shape index (κ1) is 13.1. The van der Waals surface area contributed by atoms with Gasteiger partial charge in [0, 0.05) is 0 Å². The zero-order valence-electron chi connectivity index (χ0n) is 11.0. The van der Waals surface area contributed by atoms with Crippen LogP contribution in [0, 0.1) is 0 Å². The van der Waals surface area contributed by atoms with Crippen molar-refractivity contribution in [2.24, 2.45) is 0 Å². The van der Waals surface area contributed by atoms with Gasteiger partial charge in [-0.1, -0.05) is 0 Å². The molecule has 0 bridgehead atoms. The van der Waals surface area contributed by atoms with Crippen molar-refractivity contribution in [3.05, 3.63) is 64.0 Å². The molecule has 21 heavy (non-hydrogen) atoms. The number of carbonyl (C=O) groups excluding carboxylic acids is 1. The quantitative estimate of drug-likeness (QED) is 0.377. The monoisotopic (exact) mass is 405 g/mol. The molecule has 2 nitrogen and oxygen atoms in total.